The van der Waals surface area contributed by atoms with Gasteiger partial charge in [0.2, 0.25) is 0 Å². The lowest BCUT2D eigenvalue weighted by atomic mass is 9.98. The van der Waals surface area contributed by atoms with E-state index in [1.165, 1.54) is 0 Å². The first-order valence-corrected chi connectivity index (χ1v) is 7.04. The molecule has 1 atom stereocenters. The average molecular weight is 291 g/mol. The van der Waals surface area contributed by atoms with Crippen molar-refractivity contribution in [3.63, 3.8) is 0 Å². The minimum Gasteiger partial charge on any atom is -0.494 e. The number of benzene rings is 2. The van der Waals surface area contributed by atoms with Gasteiger partial charge in [-0.3, -0.25) is 11.3 Å². The fourth-order valence-corrected chi connectivity index (χ4v) is 2.43. The lowest BCUT2D eigenvalue weighted by Gasteiger charge is -2.19. The SMILES string of the molecule is CCOc1ccccc1C(Cc1cccc(Cl)c1)NN. The molecule has 0 saturated carbocycles. The Balaban J connectivity index is 2.24. The van der Waals surface area contributed by atoms with E-state index < -0.39 is 0 Å². The molecule has 2 rings (SSSR count). The maximum Gasteiger partial charge on any atom is 0.124 e. The second-order valence-electron chi connectivity index (χ2n) is 4.52. The van der Waals surface area contributed by atoms with Crippen molar-refractivity contribution in [2.45, 2.75) is 19.4 Å². The van der Waals surface area contributed by atoms with E-state index in [2.05, 4.69) is 5.43 Å². The number of ether oxygens (including phenoxy) is 1. The van der Waals surface area contributed by atoms with E-state index in [1.54, 1.807) is 0 Å². The molecular formula is C16H19ClN2O. The van der Waals surface area contributed by atoms with Crippen LogP contribution in [0.5, 0.6) is 5.75 Å². The lowest BCUT2D eigenvalue weighted by Crippen LogP contribution is -2.30. The summed E-state index contributed by atoms with van der Waals surface area (Å²) in [6, 6.07) is 15.7. The molecule has 0 heterocycles. The molecule has 2 aromatic rings. The Labute approximate surface area is 124 Å². The van der Waals surface area contributed by atoms with Crippen LogP contribution in [0.25, 0.3) is 0 Å². The molecule has 0 aliphatic heterocycles. The normalized spacial score (nSPS) is 12.2. The predicted octanol–water partition coefficient (Wildman–Crippen LogP) is 3.49. The molecule has 0 spiro atoms. The summed E-state index contributed by atoms with van der Waals surface area (Å²) in [6.45, 7) is 2.60. The molecule has 1 unspecified atom stereocenters. The van der Waals surface area contributed by atoms with Gasteiger partial charge in [0.15, 0.2) is 0 Å². The van der Waals surface area contributed by atoms with Crippen LogP contribution in [0.3, 0.4) is 0 Å². The molecule has 4 heteroatoms. The zero-order valence-electron chi connectivity index (χ0n) is 11.5. The monoisotopic (exact) mass is 290 g/mol. The van der Waals surface area contributed by atoms with Gasteiger partial charge in [0.1, 0.15) is 5.75 Å². The molecule has 0 aromatic heterocycles. The molecule has 3 N–H and O–H groups in total. The van der Waals surface area contributed by atoms with Gasteiger partial charge in [-0.05, 0) is 37.1 Å². The van der Waals surface area contributed by atoms with Crippen molar-refractivity contribution in [1.29, 1.82) is 0 Å². The van der Waals surface area contributed by atoms with E-state index in [-0.39, 0.29) is 6.04 Å². The van der Waals surface area contributed by atoms with Gasteiger partial charge in [-0.1, -0.05) is 41.9 Å². The maximum atomic E-state index is 6.02. The van der Waals surface area contributed by atoms with Crippen LogP contribution in [-0.2, 0) is 6.42 Å². The van der Waals surface area contributed by atoms with Crippen molar-refractivity contribution >= 4 is 11.6 Å². The molecule has 20 heavy (non-hydrogen) atoms. The molecule has 3 nitrogen and oxygen atoms in total. The van der Waals surface area contributed by atoms with Crippen molar-refractivity contribution < 1.29 is 4.74 Å². The van der Waals surface area contributed by atoms with Crippen LogP contribution in [0.15, 0.2) is 48.5 Å². The summed E-state index contributed by atoms with van der Waals surface area (Å²) in [5.74, 6) is 6.58. The van der Waals surface area contributed by atoms with Crippen LogP contribution in [0.2, 0.25) is 5.02 Å². The molecule has 0 radical (unpaired) electrons. The molecule has 0 bridgehead atoms. The van der Waals surface area contributed by atoms with Gasteiger partial charge in [0.05, 0.1) is 12.6 Å². The van der Waals surface area contributed by atoms with Gasteiger partial charge >= 0.3 is 0 Å². The second kappa shape index (κ2) is 7.29. The number of nitrogens with one attached hydrogen (secondary N) is 1. The summed E-state index contributed by atoms with van der Waals surface area (Å²) in [7, 11) is 0. The van der Waals surface area contributed by atoms with E-state index >= 15 is 0 Å². The smallest absolute Gasteiger partial charge is 0.124 e. The Morgan fingerprint density at radius 2 is 2.00 bits per heavy atom. The third-order valence-electron chi connectivity index (χ3n) is 3.12. The molecule has 0 aliphatic carbocycles. The fourth-order valence-electron chi connectivity index (χ4n) is 2.21. The minimum absolute atomic E-state index is 0.0174. The molecule has 0 saturated heterocycles. The Bertz CT molecular complexity index is 560. The van der Waals surface area contributed by atoms with Crippen LogP contribution < -0.4 is 16.0 Å². The van der Waals surface area contributed by atoms with Gasteiger partial charge < -0.3 is 4.74 Å². The van der Waals surface area contributed by atoms with Gasteiger partial charge in [-0.2, -0.15) is 0 Å². The quantitative estimate of drug-likeness (QED) is 0.632. The number of nitrogens with two attached hydrogens (primary N) is 1. The molecular weight excluding hydrogens is 272 g/mol. The van der Waals surface area contributed by atoms with E-state index in [0.717, 1.165) is 28.3 Å². The molecule has 0 aliphatic rings. The Hall–Kier alpha value is -1.55. The summed E-state index contributed by atoms with van der Waals surface area (Å²) in [5, 5.41) is 0.733. The molecule has 2 aromatic carbocycles. The van der Waals surface area contributed by atoms with Crippen molar-refractivity contribution in [2.24, 2.45) is 5.84 Å². The Kier molecular flexibility index (Phi) is 5.41. The van der Waals surface area contributed by atoms with E-state index in [1.807, 2.05) is 55.5 Å². The highest BCUT2D eigenvalue weighted by molar-refractivity contribution is 6.30. The highest BCUT2D eigenvalue weighted by Crippen LogP contribution is 2.27. The number of hydrogen-bond donors (Lipinski definition) is 2. The Morgan fingerprint density at radius 1 is 1.20 bits per heavy atom. The average Bonchev–Trinajstić information content (AvgIpc) is 2.46. The summed E-state index contributed by atoms with van der Waals surface area (Å²) in [5.41, 5.74) is 5.05. The van der Waals surface area contributed by atoms with Crippen LogP contribution in [0, 0.1) is 0 Å². The van der Waals surface area contributed by atoms with Gasteiger partial charge in [-0.25, -0.2) is 0 Å². The molecule has 0 amide bonds. The maximum absolute atomic E-state index is 6.02. The highest BCUT2D eigenvalue weighted by Gasteiger charge is 2.15. The number of halogens is 1. The van der Waals surface area contributed by atoms with Crippen LogP contribution in [-0.4, -0.2) is 6.61 Å². The molecule has 0 fully saturated rings. The van der Waals surface area contributed by atoms with Gasteiger partial charge in [0.25, 0.3) is 0 Å². The summed E-state index contributed by atoms with van der Waals surface area (Å²) in [6.07, 6.45) is 0.751. The second-order valence-corrected chi connectivity index (χ2v) is 4.96. The van der Waals surface area contributed by atoms with Crippen molar-refractivity contribution in [2.75, 3.05) is 6.61 Å². The van der Waals surface area contributed by atoms with Crippen molar-refractivity contribution in [1.82, 2.24) is 5.43 Å². The number of para-hydroxylation sites is 1. The van der Waals surface area contributed by atoms with Crippen molar-refractivity contribution in [3.05, 3.63) is 64.7 Å². The van der Waals surface area contributed by atoms with Gasteiger partial charge in [-0.15, -0.1) is 0 Å². The topological polar surface area (TPSA) is 47.3 Å². The first kappa shape index (κ1) is 14.9. The third kappa shape index (κ3) is 3.73. The first-order valence-electron chi connectivity index (χ1n) is 6.67. The van der Waals surface area contributed by atoms with Crippen molar-refractivity contribution in [3.8, 4) is 5.75 Å². The largest absolute Gasteiger partial charge is 0.494 e. The minimum atomic E-state index is -0.0174. The summed E-state index contributed by atoms with van der Waals surface area (Å²) < 4.78 is 5.66. The zero-order chi connectivity index (χ0) is 14.4. The summed E-state index contributed by atoms with van der Waals surface area (Å²) in [4.78, 5) is 0. The first-order chi connectivity index (χ1) is 9.74. The standard InChI is InChI=1S/C16H19ClN2O/c1-2-20-16-9-4-3-8-14(16)15(19-18)11-12-6-5-7-13(17)10-12/h3-10,15,19H,2,11,18H2,1H3. The summed E-state index contributed by atoms with van der Waals surface area (Å²) >= 11 is 6.02. The van der Waals surface area contributed by atoms with Gasteiger partial charge in [0, 0.05) is 10.6 Å². The van der Waals surface area contributed by atoms with E-state index in [4.69, 9.17) is 22.2 Å². The lowest BCUT2D eigenvalue weighted by molar-refractivity contribution is 0.331. The third-order valence-corrected chi connectivity index (χ3v) is 3.36. The number of hydrazine groups is 1. The predicted molar refractivity (Wildman–Crippen MR) is 82.8 cm³/mol. The van der Waals surface area contributed by atoms with E-state index in [9.17, 15) is 0 Å². The van der Waals surface area contributed by atoms with Crippen LogP contribution in [0.1, 0.15) is 24.1 Å². The number of hydrogen-bond acceptors (Lipinski definition) is 3. The van der Waals surface area contributed by atoms with Crippen LogP contribution in [0.4, 0.5) is 0 Å². The number of rotatable bonds is 6. The van der Waals surface area contributed by atoms with Crippen LogP contribution >= 0.6 is 11.6 Å². The highest BCUT2D eigenvalue weighted by atomic mass is 35.5. The fraction of sp³-hybridized carbons (Fsp3) is 0.250. The zero-order valence-corrected chi connectivity index (χ0v) is 12.2. The molecule has 106 valence electrons. The van der Waals surface area contributed by atoms with E-state index in [0.29, 0.717) is 6.61 Å². The Morgan fingerprint density at radius 3 is 2.70 bits per heavy atom.